The lowest BCUT2D eigenvalue weighted by Crippen LogP contribution is -2.65. The third-order valence-corrected chi connectivity index (χ3v) is 11.7. The van der Waals surface area contributed by atoms with Crippen LogP contribution >= 0.6 is 0 Å². The standard InChI is InChI=1S/C33H34O9/c1-29-11-9-21-31(3)22(13-25(35)41-31)30(2)17-33(37)20(27(30)40-28(36)18-7-5-4-6-8-18)15-32(21,42-33)23(29)14-24(34)39-26(29)19-10-12-38-16-19/h4-8,10,12,14,16,20-22,26-27,37H,9,11,13,15,17H2,1-3H3. The van der Waals surface area contributed by atoms with E-state index < -0.39 is 57.9 Å². The van der Waals surface area contributed by atoms with Gasteiger partial charge in [-0.2, -0.15) is 0 Å². The lowest BCUT2D eigenvalue weighted by Gasteiger charge is -2.61. The molecule has 7 aliphatic rings. The average molecular weight is 575 g/mol. The second kappa shape index (κ2) is 8.14. The molecule has 2 aromatic rings. The summed E-state index contributed by atoms with van der Waals surface area (Å²) in [6.45, 7) is 6.02. The summed E-state index contributed by atoms with van der Waals surface area (Å²) >= 11 is 0. The van der Waals surface area contributed by atoms with Crippen molar-refractivity contribution in [3.63, 3.8) is 0 Å². The molecule has 42 heavy (non-hydrogen) atoms. The number of fused-ring (bicyclic) bond motifs is 1. The minimum Gasteiger partial charge on any atom is -0.472 e. The third kappa shape index (κ3) is 3.13. The summed E-state index contributed by atoms with van der Waals surface area (Å²) in [4.78, 5) is 39.9. The molecule has 220 valence electrons. The normalized spacial score (nSPS) is 46.5. The lowest BCUT2D eigenvalue weighted by molar-refractivity contribution is -0.281. The molecule has 0 radical (unpaired) electrons. The van der Waals surface area contributed by atoms with Gasteiger partial charge in [0.05, 0.1) is 30.4 Å². The van der Waals surface area contributed by atoms with Gasteiger partial charge >= 0.3 is 17.9 Å². The molecule has 1 N–H and O–H groups in total. The molecule has 4 aliphatic heterocycles. The van der Waals surface area contributed by atoms with Gasteiger partial charge in [-0.3, -0.25) is 4.79 Å². The first-order valence-electron chi connectivity index (χ1n) is 14.8. The summed E-state index contributed by atoms with van der Waals surface area (Å²) in [6.07, 6.45) is 5.19. The van der Waals surface area contributed by atoms with E-state index in [1.165, 1.54) is 6.08 Å². The van der Waals surface area contributed by atoms with Gasteiger partial charge in [-0.1, -0.05) is 32.0 Å². The van der Waals surface area contributed by atoms with Gasteiger partial charge in [0.2, 0.25) is 0 Å². The Morgan fingerprint density at radius 1 is 1.07 bits per heavy atom. The van der Waals surface area contributed by atoms with E-state index in [-0.39, 0.29) is 30.6 Å². The first-order chi connectivity index (χ1) is 19.9. The summed E-state index contributed by atoms with van der Waals surface area (Å²) in [5.74, 6) is -4.20. The molecule has 1 aromatic heterocycles. The molecule has 3 aliphatic carbocycles. The molecule has 9 nitrogen and oxygen atoms in total. The maximum absolute atomic E-state index is 13.5. The number of rotatable bonds is 3. The molecule has 9 rings (SSSR count). The Morgan fingerprint density at radius 2 is 1.86 bits per heavy atom. The monoisotopic (exact) mass is 574 g/mol. The van der Waals surface area contributed by atoms with Gasteiger partial charge in [-0.25, -0.2) is 9.59 Å². The van der Waals surface area contributed by atoms with Gasteiger partial charge in [0, 0.05) is 40.7 Å². The maximum atomic E-state index is 13.5. The first-order valence-corrected chi connectivity index (χ1v) is 14.8. The van der Waals surface area contributed by atoms with Crippen molar-refractivity contribution in [2.24, 2.45) is 28.6 Å². The molecular weight excluding hydrogens is 540 g/mol. The van der Waals surface area contributed by atoms with E-state index in [0.717, 1.165) is 11.1 Å². The van der Waals surface area contributed by atoms with E-state index in [1.54, 1.807) is 42.9 Å². The van der Waals surface area contributed by atoms with Crippen LogP contribution in [0.15, 0.2) is 65.0 Å². The van der Waals surface area contributed by atoms with Gasteiger partial charge in [0.1, 0.15) is 23.4 Å². The number of carbonyl (C=O) groups is 3. The number of hydrogen-bond donors (Lipinski definition) is 1. The number of benzene rings is 1. The SMILES string of the molecule is CC12CCC3C4(CC5C(OC(=O)c6ccccc6)C(C)(CC5(O)O4)C4CC(=O)OC34C)C1=CC(=O)OC2c1ccoc1. The van der Waals surface area contributed by atoms with Crippen molar-refractivity contribution >= 4 is 17.9 Å². The highest BCUT2D eigenvalue weighted by Crippen LogP contribution is 2.75. The van der Waals surface area contributed by atoms with E-state index >= 15 is 0 Å². The Morgan fingerprint density at radius 3 is 2.60 bits per heavy atom. The Labute approximate surface area is 243 Å². The molecule has 6 fully saturated rings. The van der Waals surface area contributed by atoms with Crippen molar-refractivity contribution in [3.05, 3.63) is 71.7 Å². The number of hydrogen-bond acceptors (Lipinski definition) is 9. The van der Waals surface area contributed by atoms with Crippen LogP contribution in [0.3, 0.4) is 0 Å². The van der Waals surface area contributed by atoms with Crippen LogP contribution in [0.4, 0.5) is 0 Å². The fraction of sp³-hybridized carbons (Fsp3) is 0.545. The average Bonchev–Trinajstić information content (AvgIpc) is 3.68. The summed E-state index contributed by atoms with van der Waals surface area (Å²) in [6, 6.07) is 10.6. The quantitative estimate of drug-likeness (QED) is 0.412. The molecule has 0 amide bonds. The summed E-state index contributed by atoms with van der Waals surface area (Å²) in [7, 11) is 0. The van der Waals surface area contributed by atoms with Crippen LogP contribution in [-0.4, -0.2) is 46.1 Å². The molecule has 3 saturated carbocycles. The number of cyclic esters (lactones) is 1. The van der Waals surface area contributed by atoms with Crippen LogP contribution in [0.25, 0.3) is 0 Å². The van der Waals surface area contributed by atoms with Gasteiger partial charge < -0.3 is 28.5 Å². The van der Waals surface area contributed by atoms with Crippen molar-refractivity contribution < 1.29 is 42.9 Å². The Balaban J connectivity index is 1.30. The van der Waals surface area contributed by atoms with Gasteiger partial charge in [0.15, 0.2) is 5.79 Å². The molecule has 1 aromatic carbocycles. The topological polar surface area (TPSA) is 122 Å². The van der Waals surface area contributed by atoms with Crippen molar-refractivity contribution in [3.8, 4) is 0 Å². The van der Waals surface area contributed by atoms with E-state index in [0.29, 0.717) is 24.8 Å². The number of aliphatic hydroxyl groups is 1. The van der Waals surface area contributed by atoms with Crippen LogP contribution in [0.5, 0.6) is 0 Å². The largest absolute Gasteiger partial charge is 0.472 e. The van der Waals surface area contributed by atoms with Gasteiger partial charge in [-0.05, 0) is 50.0 Å². The predicted octanol–water partition coefficient (Wildman–Crippen LogP) is 4.66. The summed E-state index contributed by atoms with van der Waals surface area (Å²) < 4.78 is 30.8. The lowest BCUT2D eigenvalue weighted by atomic mass is 9.48. The van der Waals surface area contributed by atoms with E-state index in [1.807, 2.05) is 19.9 Å². The van der Waals surface area contributed by atoms with Crippen molar-refractivity contribution in [1.29, 1.82) is 0 Å². The van der Waals surface area contributed by atoms with Crippen LogP contribution in [0.1, 0.15) is 74.9 Å². The van der Waals surface area contributed by atoms with Crippen molar-refractivity contribution in [2.75, 3.05) is 0 Å². The zero-order valence-corrected chi connectivity index (χ0v) is 23.8. The summed E-state index contributed by atoms with van der Waals surface area (Å²) in [5, 5.41) is 12.4. The molecule has 1 spiro atoms. The highest BCUT2D eigenvalue weighted by molar-refractivity contribution is 5.89. The molecule has 5 heterocycles. The molecule has 9 heteroatoms. The van der Waals surface area contributed by atoms with Crippen LogP contribution < -0.4 is 0 Å². The van der Waals surface area contributed by atoms with Gasteiger partial charge in [0.25, 0.3) is 0 Å². The number of ether oxygens (including phenoxy) is 4. The number of carbonyl (C=O) groups excluding carboxylic acids is 3. The zero-order chi connectivity index (χ0) is 29.3. The summed E-state index contributed by atoms with van der Waals surface area (Å²) in [5.41, 5.74) is -1.71. The molecule has 10 atom stereocenters. The minimum atomic E-state index is -1.63. The highest BCUT2D eigenvalue weighted by atomic mass is 16.7. The van der Waals surface area contributed by atoms with E-state index in [9.17, 15) is 19.5 Å². The second-order valence-corrected chi connectivity index (χ2v) is 13.9. The molecule has 10 unspecified atom stereocenters. The van der Waals surface area contributed by atoms with Crippen LogP contribution in [-0.2, 0) is 28.5 Å². The van der Waals surface area contributed by atoms with Crippen LogP contribution in [0, 0.1) is 28.6 Å². The first kappa shape index (κ1) is 26.2. The second-order valence-electron chi connectivity index (χ2n) is 13.9. The third-order valence-electron chi connectivity index (χ3n) is 11.7. The molecule has 4 bridgehead atoms. The Kier molecular flexibility index (Phi) is 5.08. The van der Waals surface area contributed by atoms with Crippen molar-refractivity contribution in [1.82, 2.24) is 0 Å². The number of esters is 3. The van der Waals surface area contributed by atoms with E-state index in [2.05, 4.69) is 6.92 Å². The van der Waals surface area contributed by atoms with Crippen molar-refractivity contribution in [2.45, 2.75) is 82.1 Å². The Bertz CT molecular complexity index is 1530. The van der Waals surface area contributed by atoms with E-state index in [4.69, 9.17) is 23.4 Å². The highest BCUT2D eigenvalue weighted by Gasteiger charge is 2.81. The minimum absolute atomic E-state index is 0.151. The van der Waals surface area contributed by atoms with Gasteiger partial charge in [-0.15, -0.1) is 0 Å². The Hall–Kier alpha value is -3.43. The predicted molar refractivity (Wildman–Crippen MR) is 144 cm³/mol. The maximum Gasteiger partial charge on any atom is 0.338 e. The van der Waals surface area contributed by atoms with Crippen LogP contribution in [0.2, 0.25) is 0 Å². The molecule has 3 saturated heterocycles. The zero-order valence-electron chi connectivity index (χ0n) is 23.8. The molecular formula is C33H34O9. The number of furan rings is 1. The fourth-order valence-electron chi connectivity index (χ4n) is 10.2. The smallest absolute Gasteiger partial charge is 0.338 e. The fourth-order valence-corrected chi connectivity index (χ4v) is 10.2.